The highest BCUT2D eigenvalue weighted by atomic mass is 35.5. The Bertz CT molecular complexity index is 554. The second kappa shape index (κ2) is 6.58. The first-order chi connectivity index (χ1) is 9.20. The molecular formula is C16H17ClFN. The van der Waals surface area contributed by atoms with Crippen molar-refractivity contribution in [2.24, 2.45) is 0 Å². The van der Waals surface area contributed by atoms with Crippen molar-refractivity contribution >= 4 is 17.3 Å². The fraction of sp³-hybridized carbons (Fsp3) is 0.250. The summed E-state index contributed by atoms with van der Waals surface area (Å²) in [6, 6.07) is 13.1. The Hall–Kier alpha value is -1.54. The molecule has 0 bridgehead atoms. The molecule has 0 radical (unpaired) electrons. The standard InChI is InChI=1S/C16H17ClFN/c1-2-5-13-6-3-4-7-16(13)19-11-12-8-9-14(17)15(18)10-12/h3-4,6-10,19H,2,5,11H2,1H3. The summed E-state index contributed by atoms with van der Waals surface area (Å²) in [5.74, 6) is -0.372. The largest absolute Gasteiger partial charge is 0.381 e. The second-order valence-electron chi connectivity index (χ2n) is 4.51. The van der Waals surface area contributed by atoms with Gasteiger partial charge in [-0.25, -0.2) is 4.39 Å². The van der Waals surface area contributed by atoms with E-state index in [1.807, 2.05) is 18.2 Å². The minimum Gasteiger partial charge on any atom is -0.381 e. The van der Waals surface area contributed by atoms with Crippen molar-refractivity contribution in [2.75, 3.05) is 5.32 Å². The topological polar surface area (TPSA) is 12.0 Å². The van der Waals surface area contributed by atoms with Gasteiger partial charge in [-0.15, -0.1) is 0 Å². The summed E-state index contributed by atoms with van der Waals surface area (Å²) in [5.41, 5.74) is 3.28. The van der Waals surface area contributed by atoms with E-state index in [1.165, 1.54) is 11.6 Å². The van der Waals surface area contributed by atoms with Gasteiger partial charge in [-0.1, -0.05) is 49.2 Å². The molecule has 0 fully saturated rings. The number of para-hydroxylation sites is 1. The van der Waals surface area contributed by atoms with Crippen LogP contribution in [0.15, 0.2) is 42.5 Å². The quantitative estimate of drug-likeness (QED) is 0.807. The lowest BCUT2D eigenvalue weighted by atomic mass is 10.1. The van der Waals surface area contributed by atoms with Crippen LogP contribution < -0.4 is 5.32 Å². The predicted octanol–water partition coefficient (Wildman–Crippen LogP) is 5.04. The predicted molar refractivity (Wildman–Crippen MR) is 79.2 cm³/mol. The number of hydrogen-bond acceptors (Lipinski definition) is 1. The number of anilines is 1. The molecular weight excluding hydrogens is 261 g/mol. The Labute approximate surface area is 118 Å². The summed E-state index contributed by atoms with van der Waals surface area (Å²) < 4.78 is 13.3. The third-order valence-electron chi connectivity index (χ3n) is 3.00. The lowest BCUT2D eigenvalue weighted by Crippen LogP contribution is -2.02. The number of aryl methyl sites for hydroxylation is 1. The third-order valence-corrected chi connectivity index (χ3v) is 3.31. The molecule has 100 valence electrons. The van der Waals surface area contributed by atoms with Gasteiger partial charge in [0.1, 0.15) is 5.82 Å². The van der Waals surface area contributed by atoms with Crippen LogP contribution in [0.3, 0.4) is 0 Å². The van der Waals surface area contributed by atoms with Gasteiger partial charge in [0, 0.05) is 12.2 Å². The van der Waals surface area contributed by atoms with Crippen molar-refractivity contribution in [1.29, 1.82) is 0 Å². The average molecular weight is 278 g/mol. The minimum absolute atomic E-state index is 0.162. The van der Waals surface area contributed by atoms with E-state index in [1.54, 1.807) is 6.07 Å². The highest BCUT2D eigenvalue weighted by molar-refractivity contribution is 6.30. The molecule has 2 aromatic carbocycles. The Morgan fingerprint density at radius 3 is 2.68 bits per heavy atom. The maximum absolute atomic E-state index is 13.3. The lowest BCUT2D eigenvalue weighted by molar-refractivity contribution is 0.626. The Kier molecular flexibility index (Phi) is 4.80. The van der Waals surface area contributed by atoms with Crippen LogP contribution in [-0.4, -0.2) is 0 Å². The van der Waals surface area contributed by atoms with Gasteiger partial charge in [-0.2, -0.15) is 0 Å². The first-order valence-corrected chi connectivity index (χ1v) is 6.84. The molecule has 0 spiro atoms. The third kappa shape index (κ3) is 3.71. The van der Waals surface area contributed by atoms with Crippen LogP contribution in [0.1, 0.15) is 24.5 Å². The van der Waals surface area contributed by atoms with Crippen molar-refractivity contribution in [3.63, 3.8) is 0 Å². The van der Waals surface area contributed by atoms with Crippen LogP contribution in [0.2, 0.25) is 5.02 Å². The molecule has 0 aromatic heterocycles. The number of halogens is 2. The number of nitrogens with one attached hydrogen (secondary N) is 1. The number of benzene rings is 2. The van der Waals surface area contributed by atoms with Crippen LogP contribution in [0.4, 0.5) is 10.1 Å². The van der Waals surface area contributed by atoms with Crippen molar-refractivity contribution in [2.45, 2.75) is 26.3 Å². The van der Waals surface area contributed by atoms with Crippen LogP contribution in [-0.2, 0) is 13.0 Å². The molecule has 0 saturated heterocycles. The molecule has 19 heavy (non-hydrogen) atoms. The molecule has 3 heteroatoms. The zero-order valence-corrected chi connectivity index (χ0v) is 11.7. The van der Waals surface area contributed by atoms with E-state index in [-0.39, 0.29) is 10.8 Å². The number of hydrogen-bond donors (Lipinski definition) is 1. The highest BCUT2D eigenvalue weighted by Crippen LogP contribution is 2.19. The van der Waals surface area contributed by atoms with Gasteiger partial charge in [0.15, 0.2) is 0 Å². The normalized spacial score (nSPS) is 10.5. The SMILES string of the molecule is CCCc1ccccc1NCc1ccc(Cl)c(F)c1. The van der Waals surface area contributed by atoms with Gasteiger partial charge in [-0.3, -0.25) is 0 Å². The van der Waals surface area contributed by atoms with Crippen molar-refractivity contribution < 1.29 is 4.39 Å². The fourth-order valence-electron chi connectivity index (χ4n) is 2.03. The minimum atomic E-state index is -0.372. The van der Waals surface area contributed by atoms with E-state index in [9.17, 15) is 4.39 Å². The van der Waals surface area contributed by atoms with E-state index in [0.29, 0.717) is 6.54 Å². The monoisotopic (exact) mass is 277 g/mol. The van der Waals surface area contributed by atoms with Gasteiger partial charge in [0.2, 0.25) is 0 Å². The lowest BCUT2D eigenvalue weighted by Gasteiger charge is -2.11. The molecule has 0 amide bonds. The highest BCUT2D eigenvalue weighted by Gasteiger charge is 2.03. The molecule has 2 aromatic rings. The van der Waals surface area contributed by atoms with Crippen LogP contribution in [0.25, 0.3) is 0 Å². The van der Waals surface area contributed by atoms with E-state index < -0.39 is 0 Å². The molecule has 0 unspecified atom stereocenters. The average Bonchev–Trinajstić information content (AvgIpc) is 2.42. The second-order valence-corrected chi connectivity index (χ2v) is 4.92. The molecule has 0 saturated carbocycles. The van der Waals surface area contributed by atoms with Crippen LogP contribution >= 0.6 is 11.6 Å². The first kappa shape index (κ1) is 13.9. The van der Waals surface area contributed by atoms with Crippen molar-refractivity contribution in [3.8, 4) is 0 Å². The molecule has 0 atom stereocenters. The van der Waals surface area contributed by atoms with E-state index >= 15 is 0 Å². The zero-order valence-electron chi connectivity index (χ0n) is 10.9. The Morgan fingerprint density at radius 1 is 1.16 bits per heavy atom. The Morgan fingerprint density at radius 2 is 1.95 bits per heavy atom. The summed E-state index contributed by atoms with van der Waals surface area (Å²) in [6.07, 6.45) is 2.15. The number of rotatable bonds is 5. The van der Waals surface area contributed by atoms with E-state index in [4.69, 9.17) is 11.6 Å². The van der Waals surface area contributed by atoms with Gasteiger partial charge in [0.25, 0.3) is 0 Å². The summed E-state index contributed by atoms with van der Waals surface area (Å²) in [4.78, 5) is 0. The summed E-state index contributed by atoms with van der Waals surface area (Å²) >= 11 is 5.67. The molecule has 0 heterocycles. The molecule has 1 nitrogen and oxygen atoms in total. The summed E-state index contributed by atoms with van der Waals surface area (Å²) in [5, 5.41) is 3.51. The van der Waals surface area contributed by atoms with Crippen molar-refractivity contribution in [3.05, 3.63) is 64.4 Å². The van der Waals surface area contributed by atoms with Gasteiger partial charge in [-0.05, 0) is 35.7 Å². The fourth-order valence-corrected chi connectivity index (χ4v) is 2.14. The summed E-state index contributed by atoms with van der Waals surface area (Å²) in [7, 11) is 0. The molecule has 0 aliphatic heterocycles. The molecule has 0 aliphatic carbocycles. The smallest absolute Gasteiger partial charge is 0.142 e. The Balaban J connectivity index is 2.07. The van der Waals surface area contributed by atoms with E-state index in [2.05, 4.69) is 24.4 Å². The molecule has 0 aliphatic rings. The van der Waals surface area contributed by atoms with E-state index in [0.717, 1.165) is 24.1 Å². The van der Waals surface area contributed by atoms with Gasteiger partial charge in [0.05, 0.1) is 5.02 Å². The van der Waals surface area contributed by atoms with Gasteiger partial charge >= 0.3 is 0 Å². The van der Waals surface area contributed by atoms with Crippen LogP contribution in [0.5, 0.6) is 0 Å². The van der Waals surface area contributed by atoms with Crippen molar-refractivity contribution in [1.82, 2.24) is 0 Å². The first-order valence-electron chi connectivity index (χ1n) is 6.46. The van der Waals surface area contributed by atoms with Crippen LogP contribution in [0, 0.1) is 5.82 Å². The molecule has 2 rings (SSSR count). The van der Waals surface area contributed by atoms with Gasteiger partial charge < -0.3 is 5.32 Å². The molecule has 1 N–H and O–H groups in total. The summed E-state index contributed by atoms with van der Waals surface area (Å²) in [6.45, 7) is 2.75. The maximum Gasteiger partial charge on any atom is 0.142 e. The maximum atomic E-state index is 13.3. The zero-order chi connectivity index (χ0) is 13.7.